The van der Waals surface area contributed by atoms with Gasteiger partial charge in [-0.25, -0.2) is 0 Å². The lowest BCUT2D eigenvalue weighted by atomic mass is 10.2. The van der Waals surface area contributed by atoms with E-state index in [1.54, 1.807) is 17.1 Å². The lowest BCUT2D eigenvalue weighted by molar-refractivity contribution is -0.121. The zero-order chi connectivity index (χ0) is 13.1. The fraction of sp³-hybridized carbons (Fsp3) is 0.429. The van der Waals surface area contributed by atoms with Gasteiger partial charge in [0.25, 0.3) is 0 Å². The molecule has 1 N–H and O–H groups in total. The van der Waals surface area contributed by atoms with Crippen molar-refractivity contribution >= 4 is 5.91 Å². The molecule has 2 aromatic heterocycles. The lowest BCUT2D eigenvalue weighted by Gasteiger charge is -2.16. The number of nitrogens with zero attached hydrogens (tertiary/aromatic N) is 2. The summed E-state index contributed by atoms with van der Waals surface area (Å²) in [7, 11) is 0. The number of amides is 1. The molecule has 19 heavy (non-hydrogen) atoms. The average molecular weight is 259 g/mol. The molecule has 5 heteroatoms. The monoisotopic (exact) mass is 259 g/mol. The third-order valence-corrected chi connectivity index (χ3v) is 3.38. The highest BCUT2D eigenvalue weighted by molar-refractivity contribution is 5.76. The number of carbonyl (C=O) groups excluding carboxylic acids is 1. The molecule has 1 fully saturated rings. The second-order valence-electron chi connectivity index (χ2n) is 4.97. The largest absolute Gasteiger partial charge is 0.467 e. The summed E-state index contributed by atoms with van der Waals surface area (Å²) in [6.45, 7) is 0.501. The molecule has 100 valence electrons. The Hall–Kier alpha value is -2.04. The molecule has 3 rings (SSSR count). The minimum atomic E-state index is -0.0897. The van der Waals surface area contributed by atoms with Crippen molar-refractivity contribution in [1.29, 1.82) is 0 Å². The van der Waals surface area contributed by atoms with Crippen LogP contribution in [-0.2, 0) is 4.79 Å². The van der Waals surface area contributed by atoms with Crippen LogP contribution >= 0.6 is 0 Å². The van der Waals surface area contributed by atoms with E-state index in [2.05, 4.69) is 10.4 Å². The Kier molecular flexibility index (Phi) is 3.35. The molecule has 1 unspecified atom stereocenters. The highest BCUT2D eigenvalue weighted by Crippen LogP contribution is 2.32. The van der Waals surface area contributed by atoms with E-state index in [1.807, 2.05) is 24.4 Å². The zero-order valence-electron chi connectivity index (χ0n) is 10.7. The van der Waals surface area contributed by atoms with Crippen LogP contribution in [-0.4, -0.2) is 22.2 Å². The van der Waals surface area contributed by atoms with Crippen molar-refractivity contribution in [3.63, 3.8) is 0 Å². The van der Waals surface area contributed by atoms with Crippen molar-refractivity contribution in [1.82, 2.24) is 15.1 Å². The quantitative estimate of drug-likeness (QED) is 0.863. The van der Waals surface area contributed by atoms with E-state index in [9.17, 15) is 4.79 Å². The van der Waals surface area contributed by atoms with Crippen LogP contribution in [0.4, 0.5) is 0 Å². The average Bonchev–Trinajstić information content (AvgIpc) is 2.89. The summed E-state index contributed by atoms with van der Waals surface area (Å²) in [6.07, 6.45) is 8.26. The van der Waals surface area contributed by atoms with Crippen LogP contribution in [0.15, 0.2) is 41.3 Å². The van der Waals surface area contributed by atoms with Crippen LogP contribution in [0, 0.1) is 5.92 Å². The zero-order valence-corrected chi connectivity index (χ0v) is 10.7. The van der Waals surface area contributed by atoms with Crippen LogP contribution < -0.4 is 5.32 Å². The molecule has 2 heterocycles. The molecule has 0 spiro atoms. The van der Waals surface area contributed by atoms with Gasteiger partial charge in [0, 0.05) is 25.4 Å². The molecule has 1 aliphatic rings. The summed E-state index contributed by atoms with van der Waals surface area (Å²) in [5.41, 5.74) is 0. The van der Waals surface area contributed by atoms with Crippen molar-refractivity contribution in [3.8, 4) is 0 Å². The number of rotatable bonds is 6. The van der Waals surface area contributed by atoms with Gasteiger partial charge in [0.2, 0.25) is 5.91 Å². The van der Waals surface area contributed by atoms with E-state index in [1.165, 1.54) is 12.8 Å². The van der Waals surface area contributed by atoms with E-state index in [-0.39, 0.29) is 11.9 Å². The molecule has 0 aromatic carbocycles. The minimum Gasteiger partial charge on any atom is -0.467 e. The van der Waals surface area contributed by atoms with Gasteiger partial charge in [-0.3, -0.25) is 9.48 Å². The van der Waals surface area contributed by atoms with Crippen molar-refractivity contribution < 1.29 is 9.21 Å². The van der Waals surface area contributed by atoms with Crippen molar-refractivity contribution in [2.45, 2.75) is 25.3 Å². The molecule has 1 atom stereocenters. The molecular weight excluding hydrogens is 242 g/mol. The van der Waals surface area contributed by atoms with Gasteiger partial charge >= 0.3 is 0 Å². The Morgan fingerprint density at radius 1 is 1.53 bits per heavy atom. The Morgan fingerprint density at radius 2 is 2.42 bits per heavy atom. The minimum absolute atomic E-state index is 0.0897. The molecule has 0 saturated heterocycles. The first kappa shape index (κ1) is 12.0. The molecule has 5 nitrogen and oxygen atoms in total. The van der Waals surface area contributed by atoms with Gasteiger partial charge in [-0.2, -0.15) is 5.10 Å². The molecular formula is C14H17N3O2. The molecule has 1 aliphatic carbocycles. The molecule has 0 radical (unpaired) electrons. The lowest BCUT2D eigenvalue weighted by Crippen LogP contribution is -2.31. The SMILES string of the molecule is O=C(CC1CC1)NCC(c1ccco1)n1cccn1. The number of furan rings is 1. The maximum Gasteiger partial charge on any atom is 0.220 e. The summed E-state index contributed by atoms with van der Waals surface area (Å²) >= 11 is 0. The van der Waals surface area contributed by atoms with E-state index < -0.39 is 0 Å². The van der Waals surface area contributed by atoms with Crippen molar-refractivity contribution in [2.75, 3.05) is 6.54 Å². The first-order valence-electron chi connectivity index (χ1n) is 6.62. The highest BCUT2D eigenvalue weighted by atomic mass is 16.3. The third kappa shape index (κ3) is 3.05. The van der Waals surface area contributed by atoms with Crippen LogP contribution in [0.2, 0.25) is 0 Å². The van der Waals surface area contributed by atoms with Gasteiger partial charge in [-0.05, 0) is 37.0 Å². The maximum atomic E-state index is 11.8. The summed E-state index contributed by atoms with van der Waals surface area (Å²) in [6, 6.07) is 5.52. The predicted molar refractivity (Wildman–Crippen MR) is 69.4 cm³/mol. The first-order valence-corrected chi connectivity index (χ1v) is 6.62. The Balaban J connectivity index is 1.64. The smallest absolute Gasteiger partial charge is 0.220 e. The molecule has 0 aliphatic heterocycles. The van der Waals surface area contributed by atoms with Crippen LogP contribution in [0.3, 0.4) is 0 Å². The normalized spacial score (nSPS) is 16.2. The topological polar surface area (TPSA) is 60.1 Å². The van der Waals surface area contributed by atoms with E-state index in [0.717, 1.165) is 5.76 Å². The van der Waals surface area contributed by atoms with Crippen LogP contribution in [0.25, 0.3) is 0 Å². The number of hydrogen-bond donors (Lipinski definition) is 1. The van der Waals surface area contributed by atoms with Crippen molar-refractivity contribution in [2.24, 2.45) is 5.92 Å². The molecule has 2 aromatic rings. The van der Waals surface area contributed by atoms with Gasteiger partial charge in [0.15, 0.2) is 0 Å². The molecule has 0 bridgehead atoms. The fourth-order valence-electron chi connectivity index (χ4n) is 2.14. The van der Waals surface area contributed by atoms with E-state index in [4.69, 9.17) is 4.42 Å². The second-order valence-corrected chi connectivity index (χ2v) is 4.97. The number of aromatic nitrogens is 2. The number of hydrogen-bond acceptors (Lipinski definition) is 3. The first-order chi connectivity index (χ1) is 9.33. The third-order valence-electron chi connectivity index (χ3n) is 3.38. The van der Waals surface area contributed by atoms with Gasteiger partial charge in [0.1, 0.15) is 11.8 Å². The summed E-state index contributed by atoms with van der Waals surface area (Å²) in [5, 5.41) is 7.20. The van der Waals surface area contributed by atoms with E-state index >= 15 is 0 Å². The number of carbonyl (C=O) groups is 1. The van der Waals surface area contributed by atoms with E-state index in [0.29, 0.717) is 18.9 Å². The van der Waals surface area contributed by atoms with Crippen LogP contribution in [0.5, 0.6) is 0 Å². The fourth-order valence-corrected chi connectivity index (χ4v) is 2.14. The second kappa shape index (κ2) is 5.30. The Bertz CT molecular complexity index is 481. The van der Waals surface area contributed by atoms with Gasteiger partial charge in [-0.1, -0.05) is 0 Å². The number of nitrogens with one attached hydrogen (secondary N) is 1. The Labute approximate surface area is 111 Å². The van der Waals surface area contributed by atoms with Gasteiger partial charge in [0.05, 0.1) is 6.26 Å². The van der Waals surface area contributed by atoms with Crippen LogP contribution in [0.1, 0.15) is 31.1 Å². The van der Waals surface area contributed by atoms with Crippen molar-refractivity contribution in [3.05, 3.63) is 42.6 Å². The highest BCUT2D eigenvalue weighted by Gasteiger charge is 2.25. The predicted octanol–water partition coefficient (Wildman–Crippen LogP) is 1.98. The van der Waals surface area contributed by atoms with Gasteiger partial charge < -0.3 is 9.73 Å². The standard InChI is InChI=1S/C14H17N3O2/c18-14(9-11-4-5-11)15-10-12(13-3-1-8-19-13)17-7-2-6-16-17/h1-3,6-8,11-12H,4-5,9-10H2,(H,15,18). The molecule has 1 saturated carbocycles. The summed E-state index contributed by atoms with van der Waals surface area (Å²) < 4.78 is 7.23. The van der Waals surface area contributed by atoms with Gasteiger partial charge in [-0.15, -0.1) is 0 Å². The Morgan fingerprint density at radius 3 is 3.05 bits per heavy atom. The molecule has 1 amide bonds. The summed E-state index contributed by atoms with van der Waals surface area (Å²) in [5.74, 6) is 1.52. The maximum absolute atomic E-state index is 11.8. The summed E-state index contributed by atoms with van der Waals surface area (Å²) in [4.78, 5) is 11.8.